The molecule has 1 aromatic rings. The maximum Gasteiger partial charge on any atom is 0.334 e. The maximum absolute atomic E-state index is 11.5. The fourth-order valence-electron chi connectivity index (χ4n) is 1.60. The zero-order chi connectivity index (χ0) is 11.5. The Bertz CT molecular complexity index is 433. The smallest absolute Gasteiger partial charge is 0.334 e. The number of hydrogen-bond donors (Lipinski definition) is 1. The number of halogens is 1. The lowest BCUT2D eigenvalue weighted by atomic mass is 10.0. The van der Waals surface area contributed by atoms with Crippen LogP contribution in [0.5, 0.6) is 5.75 Å². The van der Waals surface area contributed by atoms with Crippen molar-refractivity contribution in [1.29, 1.82) is 0 Å². The van der Waals surface area contributed by atoms with Crippen LogP contribution in [0.2, 0.25) is 0 Å². The van der Waals surface area contributed by atoms with Gasteiger partial charge in [-0.25, -0.2) is 4.79 Å². The molecule has 0 radical (unpaired) electrons. The van der Waals surface area contributed by atoms with Crippen molar-refractivity contribution in [2.45, 2.75) is 12.5 Å². The summed E-state index contributed by atoms with van der Waals surface area (Å²) in [5.41, 5.74) is 0.905. The lowest BCUT2D eigenvalue weighted by molar-refractivity contribution is -0.140. The summed E-state index contributed by atoms with van der Waals surface area (Å²) in [7, 11) is 0. The summed E-state index contributed by atoms with van der Waals surface area (Å²) >= 11 is 5.35. The van der Waals surface area contributed by atoms with Crippen LogP contribution >= 0.6 is 11.6 Å². The van der Waals surface area contributed by atoms with Gasteiger partial charge in [-0.15, -0.1) is 11.6 Å². The van der Waals surface area contributed by atoms with E-state index < -0.39 is 12.0 Å². The zero-order valence-electron chi connectivity index (χ0n) is 8.40. The molecule has 0 saturated heterocycles. The Labute approximate surface area is 97.5 Å². The number of alkyl halides is 1. The number of rotatable bonds is 2. The Morgan fingerprint density at radius 2 is 2.25 bits per heavy atom. The molecule has 0 aromatic heterocycles. The molecule has 4 nitrogen and oxygen atoms in total. The standard InChI is InChI=1S/C11H10ClNO3/c12-6-10(14)13-8-5-7-3-1-2-4-9(7)16-11(8)15/h1-4,8H,5-6H2,(H,13,14). The Kier molecular flexibility index (Phi) is 3.10. The molecule has 0 saturated carbocycles. The number of nitrogens with one attached hydrogen (secondary N) is 1. The van der Waals surface area contributed by atoms with Gasteiger partial charge in [0.2, 0.25) is 5.91 Å². The van der Waals surface area contributed by atoms with E-state index in [-0.39, 0.29) is 11.8 Å². The van der Waals surface area contributed by atoms with Crippen LogP contribution in [-0.4, -0.2) is 23.8 Å². The van der Waals surface area contributed by atoms with E-state index in [1.54, 1.807) is 12.1 Å². The van der Waals surface area contributed by atoms with Crippen LogP contribution in [0.1, 0.15) is 5.56 Å². The van der Waals surface area contributed by atoms with Crippen LogP contribution in [0.4, 0.5) is 0 Å². The van der Waals surface area contributed by atoms with Gasteiger partial charge in [-0.3, -0.25) is 4.79 Å². The summed E-state index contributed by atoms with van der Waals surface area (Å²) in [5, 5.41) is 2.51. The van der Waals surface area contributed by atoms with Gasteiger partial charge >= 0.3 is 5.97 Å². The summed E-state index contributed by atoms with van der Waals surface area (Å²) in [5.74, 6) is -0.421. The fourth-order valence-corrected chi connectivity index (χ4v) is 1.67. The van der Waals surface area contributed by atoms with Gasteiger partial charge in [0.1, 0.15) is 17.7 Å². The van der Waals surface area contributed by atoms with Crippen LogP contribution in [0.3, 0.4) is 0 Å². The molecule has 0 aliphatic carbocycles. The molecule has 0 bridgehead atoms. The van der Waals surface area contributed by atoms with E-state index in [0.29, 0.717) is 12.2 Å². The molecule has 1 heterocycles. The van der Waals surface area contributed by atoms with Crippen LogP contribution < -0.4 is 10.1 Å². The van der Waals surface area contributed by atoms with E-state index in [4.69, 9.17) is 16.3 Å². The van der Waals surface area contributed by atoms with Crippen molar-refractivity contribution < 1.29 is 14.3 Å². The highest BCUT2D eigenvalue weighted by atomic mass is 35.5. The topological polar surface area (TPSA) is 55.4 Å². The van der Waals surface area contributed by atoms with E-state index >= 15 is 0 Å². The number of para-hydroxylation sites is 1. The van der Waals surface area contributed by atoms with Crippen molar-refractivity contribution in [3.8, 4) is 5.75 Å². The summed E-state index contributed by atoms with van der Waals surface area (Å²) in [4.78, 5) is 22.6. The lowest BCUT2D eigenvalue weighted by Gasteiger charge is -2.23. The van der Waals surface area contributed by atoms with E-state index in [1.165, 1.54) is 0 Å². The minimum Gasteiger partial charge on any atom is -0.425 e. The van der Waals surface area contributed by atoms with Gasteiger partial charge in [0.05, 0.1) is 0 Å². The van der Waals surface area contributed by atoms with Gasteiger partial charge in [0.15, 0.2) is 0 Å². The molecule has 1 aliphatic rings. The van der Waals surface area contributed by atoms with Crippen molar-refractivity contribution in [3.05, 3.63) is 29.8 Å². The van der Waals surface area contributed by atoms with Crippen molar-refractivity contribution in [1.82, 2.24) is 5.32 Å². The molecule has 84 valence electrons. The van der Waals surface area contributed by atoms with E-state index in [0.717, 1.165) is 5.56 Å². The average Bonchev–Trinajstić information content (AvgIpc) is 2.30. The third-order valence-corrected chi connectivity index (χ3v) is 2.59. The van der Waals surface area contributed by atoms with E-state index in [9.17, 15) is 9.59 Å². The second-order valence-corrected chi connectivity index (χ2v) is 3.75. The summed E-state index contributed by atoms with van der Waals surface area (Å²) in [6, 6.07) is 6.61. The van der Waals surface area contributed by atoms with Gasteiger partial charge in [-0.1, -0.05) is 18.2 Å². The molecule has 1 atom stereocenters. The van der Waals surface area contributed by atoms with Crippen LogP contribution in [0.25, 0.3) is 0 Å². The lowest BCUT2D eigenvalue weighted by Crippen LogP contribution is -2.47. The van der Waals surface area contributed by atoms with E-state index in [2.05, 4.69) is 5.32 Å². The third-order valence-electron chi connectivity index (χ3n) is 2.35. The van der Waals surface area contributed by atoms with Gasteiger partial charge in [-0.05, 0) is 11.6 Å². The molecule has 1 unspecified atom stereocenters. The van der Waals surface area contributed by atoms with Crippen molar-refractivity contribution >= 4 is 23.5 Å². The predicted molar refractivity (Wildman–Crippen MR) is 58.4 cm³/mol. The van der Waals surface area contributed by atoms with Crippen molar-refractivity contribution in [2.75, 3.05) is 5.88 Å². The Balaban J connectivity index is 2.15. The molecule has 1 N–H and O–H groups in total. The first kappa shape index (κ1) is 11.0. The number of esters is 1. The quantitative estimate of drug-likeness (QED) is 0.473. The number of carbonyl (C=O) groups excluding carboxylic acids is 2. The normalized spacial score (nSPS) is 18.6. The fraction of sp³-hybridized carbons (Fsp3) is 0.273. The SMILES string of the molecule is O=C(CCl)NC1Cc2ccccc2OC1=O. The average molecular weight is 240 g/mol. The first-order valence-corrected chi connectivity index (χ1v) is 5.39. The van der Waals surface area contributed by atoms with Crippen molar-refractivity contribution in [2.24, 2.45) is 0 Å². The minimum absolute atomic E-state index is 0.161. The first-order valence-electron chi connectivity index (χ1n) is 4.85. The molecule has 0 spiro atoms. The number of fused-ring (bicyclic) bond motifs is 1. The van der Waals surface area contributed by atoms with Gasteiger partial charge in [0, 0.05) is 6.42 Å². The highest BCUT2D eigenvalue weighted by Crippen LogP contribution is 2.24. The number of benzene rings is 1. The largest absolute Gasteiger partial charge is 0.425 e. The highest BCUT2D eigenvalue weighted by molar-refractivity contribution is 6.27. The third kappa shape index (κ3) is 2.17. The molecule has 16 heavy (non-hydrogen) atoms. The maximum atomic E-state index is 11.5. The van der Waals surface area contributed by atoms with E-state index in [1.807, 2.05) is 12.1 Å². The minimum atomic E-state index is -0.638. The van der Waals surface area contributed by atoms with Crippen LogP contribution in [-0.2, 0) is 16.0 Å². The molecule has 0 fully saturated rings. The molecule has 1 amide bonds. The summed E-state index contributed by atoms with van der Waals surface area (Å²) < 4.78 is 5.09. The summed E-state index contributed by atoms with van der Waals surface area (Å²) in [6.45, 7) is 0. The molecule has 1 aliphatic heterocycles. The Morgan fingerprint density at radius 1 is 1.50 bits per heavy atom. The molecule has 5 heteroatoms. The second-order valence-electron chi connectivity index (χ2n) is 3.49. The molecule has 1 aromatic carbocycles. The van der Waals surface area contributed by atoms with Crippen molar-refractivity contribution in [3.63, 3.8) is 0 Å². The van der Waals surface area contributed by atoms with Gasteiger partial charge in [-0.2, -0.15) is 0 Å². The molecular weight excluding hydrogens is 230 g/mol. The number of amides is 1. The number of carbonyl (C=O) groups is 2. The number of hydrogen-bond acceptors (Lipinski definition) is 3. The van der Waals surface area contributed by atoms with Crippen LogP contribution in [0.15, 0.2) is 24.3 Å². The second kappa shape index (κ2) is 4.53. The van der Waals surface area contributed by atoms with Gasteiger partial charge < -0.3 is 10.1 Å². The Morgan fingerprint density at radius 3 is 3.00 bits per heavy atom. The monoisotopic (exact) mass is 239 g/mol. The van der Waals surface area contributed by atoms with Gasteiger partial charge in [0.25, 0.3) is 0 Å². The zero-order valence-corrected chi connectivity index (χ0v) is 9.16. The number of ether oxygens (including phenoxy) is 1. The molecular formula is C11H10ClNO3. The first-order chi connectivity index (χ1) is 7.70. The van der Waals surface area contributed by atoms with Crippen LogP contribution in [0, 0.1) is 0 Å². The summed E-state index contributed by atoms with van der Waals surface area (Å²) in [6.07, 6.45) is 0.442. The molecule has 2 rings (SSSR count). The Hall–Kier alpha value is -1.55. The highest BCUT2D eigenvalue weighted by Gasteiger charge is 2.28. The predicted octanol–water partition coefficient (Wildman–Crippen LogP) is 0.872.